The first-order valence-corrected chi connectivity index (χ1v) is 11.6. The molecule has 0 aliphatic rings. The van der Waals surface area contributed by atoms with Crippen molar-refractivity contribution in [1.82, 2.24) is 10.9 Å². The molecule has 2 amide bonds. The number of hydrogen-bond donors (Lipinski definition) is 2. The van der Waals surface area contributed by atoms with Crippen LogP contribution in [0.1, 0.15) is 68.4 Å². The van der Waals surface area contributed by atoms with E-state index < -0.39 is 5.41 Å². The molecule has 2 rings (SSSR count). The first-order valence-electron chi connectivity index (χ1n) is 11.6. The first kappa shape index (κ1) is 26.2. The van der Waals surface area contributed by atoms with Crippen LogP contribution in [0.2, 0.25) is 0 Å². The number of hydrazine groups is 1. The van der Waals surface area contributed by atoms with Crippen LogP contribution in [0.25, 0.3) is 0 Å². The fourth-order valence-electron chi connectivity index (χ4n) is 3.14. The van der Waals surface area contributed by atoms with Crippen molar-refractivity contribution >= 4 is 11.8 Å². The van der Waals surface area contributed by atoms with Crippen LogP contribution in [-0.4, -0.2) is 25.0 Å². The number of amides is 2. The maximum Gasteiger partial charge on any atom is 0.269 e. The minimum absolute atomic E-state index is 0.240. The summed E-state index contributed by atoms with van der Waals surface area (Å²) in [5.41, 5.74) is 7.10. The number of aryl methyl sites for hydroxylation is 2. The molecule has 0 bridgehead atoms. The molecular weight excluding hydrogens is 416 g/mol. The Bertz CT molecular complexity index is 920. The molecule has 0 aliphatic carbocycles. The van der Waals surface area contributed by atoms with Gasteiger partial charge in [-0.25, -0.2) is 0 Å². The van der Waals surface area contributed by atoms with E-state index in [1.165, 1.54) is 0 Å². The van der Waals surface area contributed by atoms with Crippen LogP contribution in [0.5, 0.6) is 11.5 Å². The Kier molecular flexibility index (Phi) is 9.76. The highest BCUT2D eigenvalue weighted by molar-refractivity contribution is 5.95. The fraction of sp³-hybridized carbons (Fsp3) is 0.481. The van der Waals surface area contributed by atoms with E-state index in [1.807, 2.05) is 39.8 Å². The molecule has 0 atom stereocenters. The second kappa shape index (κ2) is 12.3. The zero-order valence-corrected chi connectivity index (χ0v) is 20.8. The fourth-order valence-corrected chi connectivity index (χ4v) is 3.14. The first-order chi connectivity index (χ1) is 15.6. The lowest BCUT2D eigenvalue weighted by Gasteiger charge is -2.23. The molecule has 2 N–H and O–H groups in total. The highest BCUT2D eigenvalue weighted by Crippen LogP contribution is 2.24. The number of nitrogens with one attached hydrogen (secondary N) is 2. The number of benzene rings is 2. The van der Waals surface area contributed by atoms with E-state index >= 15 is 0 Å². The van der Waals surface area contributed by atoms with Gasteiger partial charge in [0, 0.05) is 11.0 Å². The lowest BCUT2D eigenvalue weighted by Crippen LogP contribution is -2.47. The molecule has 0 unspecified atom stereocenters. The van der Waals surface area contributed by atoms with Crippen LogP contribution in [0, 0.1) is 25.2 Å². The molecule has 180 valence electrons. The summed E-state index contributed by atoms with van der Waals surface area (Å²) >= 11 is 0. The summed E-state index contributed by atoms with van der Waals surface area (Å²) in [5, 5.41) is 0. The molecular formula is C27H38N2O4. The second-order valence-electron chi connectivity index (χ2n) is 9.57. The van der Waals surface area contributed by atoms with Crippen LogP contribution in [0.15, 0.2) is 42.5 Å². The quantitative estimate of drug-likeness (QED) is 0.353. The molecule has 6 nitrogen and oxygen atoms in total. The van der Waals surface area contributed by atoms with Gasteiger partial charge in [0.25, 0.3) is 5.91 Å². The average molecular weight is 455 g/mol. The lowest BCUT2D eigenvalue weighted by molar-refractivity contribution is -0.130. The summed E-state index contributed by atoms with van der Waals surface area (Å²) in [7, 11) is 0. The predicted octanol–water partition coefficient (Wildman–Crippen LogP) is 5.37. The maximum atomic E-state index is 12.6. The Balaban J connectivity index is 1.75. The van der Waals surface area contributed by atoms with Crippen molar-refractivity contribution < 1.29 is 19.1 Å². The Morgan fingerprint density at radius 3 is 2.30 bits per heavy atom. The van der Waals surface area contributed by atoms with E-state index in [9.17, 15) is 9.59 Å². The maximum absolute atomic E-state index is 12.6. The Labute approximate surface area is 198 Å². The molecule has 33 heavy (non-hydrogen) atoms. The Morgan fingerprint density at radius 1 is 0.939 bits per heavy atom. The molecule has 0 fully saturated rings. The predicted molar refractivity (Wildman–Crippen MR) is 131 cm³/mol. The van der Waals surface area contributed by atoms with Crippen molar-refractivity contribution in [2.45, 2.75) is 60.8 Å². The van der Waals surface area contributed by atoms with Gasteiger partial charge < -0.3 is 9.47 Å². The number of hydrogen-bond acceptors (Lipinski definition) is 4. The summed E-state index contributed by atoms with van der Waals surface area (Å²) in [4.78, 5) is 25.0. The van der Waals surface area contributed by atoms with E-state index in [0.29, 0.717) is 31.1 Å². The van der Waals surface area contributed by atoms with Crippen molar-refractivity contribution in [2.75, 3.05) is 13.2 Å². The lowest BCUT2D eigenvalue weighted by atomic mass is 9.87. The zero-order chi connectivity index (χ0) is 24.4. The topological polar surface area (TPSA) is 76.7 Å². The zero-order valence-electron chi connectivity index (χ0n) is 20.8. The van der Waals surface area contributed by atoms with Gasteiger partial charge >= 0.3 is 0 Å². The number of ether oxygens (including phenoxy) is 2. The van der Waals surface area contributed by atoms with Crippen LogP contribution >= 0.6 is 0 Å². The molecule has 2 aromatic rings. The monoisotopic (exact) mass is 454 g/mol. The summed E-state index contributed by atoms with van der Waals surface area (Å²) in [6, 6.07) is 13.0. The summed E-state index contributed by atoms with van der Waals surface area (Å²) in [6.45, 7) is 13.2. The molecule has 2 aromatic carbocycles. The molecule has 0 spiro atoms. The highest BCUT2D eigenvalue weighted by Gasteiger charge is 2.27. The van der Waals surface area contributed by atoms with Gasteiger partial charge in [-0.15, -0.1) is 0 Å². The molecule has 0 saturated heterocycles. The van der Waals surface area contributed by atoms with Gasteiger partial charge in [0.2, 0.25) is 5.91 Å². The van der Waals surface area contributed by atoms with Crippen molar-refractivity contribution in [3.8, 4) is 11.5 Å². The van der Waals surface area contributed by atoms with Crippen LogP contribution in [-0.2, 0) is 4.79 Å². The standard InChI is InChI=1S/C27H38N2O4/c1-19(2)14-17-32-23-12-10-22(11-13-23)25(30)28-29-26(31)27(5,6)15-7-16-33-24-18-20(3)8-9-21(24)4/h8-13,18-19H,7,14-17H2,1-6H3,(H,28,30)(H,29,31). The van der Waals surface area contributed by atoms with E-state index in [-0.39, 0.29) is 11.8 Å². The Morgan fingerprint density at radius 2 is 1.64 bits per heavy atom. The summed E-state index contributed by atoms with van der Waals surface area (Å²) < 4.78 is 11.6. The van der Waals surface area contributed by atoms with E-state index in [0.717, 1.165) is 35.5 Å². The molecule has 0 heterocycles. The van der Waals surface area contributed by atoms with Gasteiger partial charge in [-0.3, -0.25) is 20.4 Å². The third-order valence-electron chi connectivity index (χ3n) is 5.53. The van der Waals surface area contributed by atoms with Crippen molar-refractivity contribution in [3.05, 3.63) is 59.2 Å². The third-order valence-corrected chi connectivity index (χ3v) is 5.53. The van der Waals surface area contributed by atoms with Gasteiger partial charge in [0.15, 0.2) is 0 Å². The van der Waals surface area contributed by atoms with Gasteiger partial charge in [-0.2, -0.15) is 0 Å². The largest absolute Gasteiger partial charge is 0.494 e. The smallest absolute Gasteiger partial charge is 0.269 e. The second-order valence-corrected chi connectivity index (χ2v) is 9.57. The van der Waals surface area contributed by atoms with Gasteiger partial charge in [0.1, 0.15) is 11.5 Å². The van der Waals surface area contributed by atoms with E-state index in [1.54, 1.807) is 24.3 Å². The van der Waals surface area contributed by atoms with Gasteiger partial charge in [0.05, 0.1) is 13.2 Å². The van der Waals surface area contributed by atoms with Crippen LogP contribution in [0.3, 0.4) is 0 Å². The summed E-state index contributed by atoms with van der Waals surface area (Å²) in [5.74, 6) is 1.57. The molecule has 0 aromatic heterocycles. The van der Waals surface area contributed by atoms with E-state index in [2.05, 4.69) is 30.8 Å². The minimum atomic E-state index is -0.646. The number of carbonyl (C=O) groups is 2. The molecule has 0 aliphatic heterocycles. The third kappa shape index (κ3) is 8.79. The van der Waals surface area contributed by atoms with Crippen molar-refractivity contribution in [3.63, 3.8) is 0 Å². The molecule has 6 heteroatoms. The van der Waals surface area contributed by atoms with Crippen molar-refractivity contribution in [1.29, 1.82) is 0 Å². The number of carbonyl (C=O) groups excluding carboxylic acids is 2. The van der Waals surface area contributed by atoms with E-state index in [4.69, 9.17) is 9.47 Å². The van der Waals surface area contributed by atoms with Crippen LogP contribution < -0.4 is 20.3 Å². The summed E-state index contributed by atoms with van der Waals surface area (Å²) in [6.07, 6.45) is 2.32. The van der Waals surface area contributed by atoms with Gasteiger partial charge in [-0.1, -0.05) is 39.8 Å². The highest BCUT2D eigenvalue weighted by atomic mass is 16.5. The molecule has 0 saturated carbocycles. The minimum Gasteiger partial charge on any atom is -0.494 e. The van der Waals surface area contributed by atoms with Crippen LogP contribution in [0.4, 0.5) is 0 Å². The van der Waals surface area contributed by atoms with Crippen molar-refractivity contribution in [2.24, 2.45) is 11.3 Å². The number of rotatable bonds is 11. The Hall–Kier alpha value is -3.02. The van der Waals surface area contributed by atoms with Gasteiger partial charge in [-0.05, 0) is 80.5 Å². The SMILES string of the molecule is Cc1ccc(C)c(OCCCC(C)(C)C(=O)NNC(=O)c2ccc(OCCC(C)C)cc2)c1. The average Bonchev–Trinajstić information content (AvgIpc) is 2.77. The molecule has 0 radical (unpaired) electrons. The normalized spacial score (nSPS) is 11.2.